The maximum Gasteiger partial charge on any atom is 0.330 e. The van der Waals surface area contributed by atoms with Gasteiger partial charge in [0, 0.05) is 18.9 Å². The first-order valence-corrected chi connectivity index (χ1v) is 4.31. The molecule has 1 aliphatic carbocycles. The van der Waals surface area contributed by atoms with Gasteiger partial charge in [0.05, 0.1) is 0 Å². The molecule has 0 radical (unpaired) electrons. The third-order valence-electron chi connectivity index (χ3n) is 2.18. The monoisotopic (exact) mass is 186 g/mol. The molecule has 1 aliphatic rings. The van der Waals surface area contributed by atoms with Crippen LogP contribution in [0, 0.1) is 0 Å². The first kappa shape index (κ1) is 10.2. The molecule has 0 aliphatic heterocycles. The van der Waals surface area contributed by atoms with Crippen molar-refractivity contribution < 1.29 is 19.7 Å². The van der Waals surface area contributed by atoms with Crippen molar-refractivity contribution in [1.29, 1.82) is 0 Å². The Bertz CT molecular complexity index is 200. The lowest BCUT2D eigenvalue weighted by atomic mass is 9.92. The number of carbonyl (C=O) groups excluding carboxylic acids is 1. The highest BCUT2D eigenvalue weighted by molar-refractivity contribution is 5.81. The zero-order valence-electron chi connectivity index (χ0n) is 7.40. The summed E-state index contributed by atoms with van der Waals surface area (Å²) in [6.07, 6.45) is 2.40. The molecule has 74 valence electrons. The zero-order chi connectivity index (χ0) is 9.90. The second-order valence-electron chi connectivity index (χ2n) is 3.32. The number of hydrogen-bond acceptors (Lipinski definition) is 4. The van der Waals surface area contributed by atoms with E-state index in [4.69, 9.17) is 4.74 Å². The van der Waals surface area contributed by atoms with E-state index in [9.17, 15) is 15.0 Å². The number of hydrogen-bond donors (Lipinski definition) is 2. The van der Waals surface area contributed by atoms with Crippen molar-refractivity contribution in [1.82, 2.24) is 0 Å². The van der Waals surface area contributed by atoms with E-state index >= 15 is 0 Å². The van der Waals surface area contributed by atoms with Crippen LogP contribution in [0.5, 0.6) is 0 Å². The van der Waals surface area contributed by atoms with E-state index in [1.54, 1.807) is 0 Å². The number of esters is 1. The highest BCUT2D eigenvalue weighted by Gasteiger charge is 2.31. The minimum atomic E-state index is -1.57. The average Bonchev–Trinajstić information content (AvgIpc) is 2.08. The molecule has 0 spiro atoms. The lowest BCUT2D eigenvalue weighted by Crippen LogP contribution is -2.36. The molecule has 4 nitrogen and oxygen atoms in total. The average molecular weight is 186 g/mol. The zero-order valence-corrected chi connectivity index (χ0v) is 7.40. The molecular weight excluding hydrogens is 172 g/mol. The van der Waals surface area contributed by atoms with E-state index in [0.717, 1.165) is 6.08 Å². The van der Waals surface area contributed by atoms with E-state index in [1.807, 2.05) is 0 Å². The molecule has 0 aromatic carbocycles. The predicted octanol–water partition coefficient (Wildman–Crippen LogP) is 0.339. The van der Waals surface area contributed by atoms with Gasteiger partial charge in [-0.25, -0.2) is 4.79 Å². The van der Waals surface area contributed by atoms with Crippen LogP contribution in [0.2, 0.25) is 0 Å². The minimum absolute atomic E-state index is 0.196. The number of aliphatic hydroxyl groups is 2. The van der Waals surface area contributed by atoms with Crippen LogP contribution < -0.4 is 0 Å². The molecule has 0 bridgehead atoms. The smallest absolute Gasteiger partial charge is 0.330 e. The van der Waals surface area contributed by atoms with Gasteiger partial charge >= 0.3 is 5.97 Å². The first-order chi connectivity index (χ1) is 6.03. The maximum atomic E-state index is 10.8. The lowest BCUT2D eigenvalue weighted by molar-refractivity contribution is -0.196. The third kappa shape index (κ3) is 3.16. The molecule has 0 amide bonds. The summed E-state index contributed by atoms with van der Waals surface area (Å²) in [6.45, 7) is 3.28. The van der Waals surface area contributed by atoms with Gasteiger partial charge in [0.1, 0.15) is 6.10 Å². The second-order valence-corrected chi connectivity index (χ2v) is 3.32. The fourth-order valence-corrected chi connectivity index (χ4v) is 1.38. The predicted molar refractivity (Wildman–Crippen MR) is 45.7 cm³/mol. The van der Waals surface area contributed by atoms with Gasteiger partial charge in [-0.05, 0) is 12.8 Å². The quantitative estimate of drug-likeness (QED) is 0.371. The van der Waals surface area contributed by atoms with Crippen LogP contribution in [0.4, 0.5) is 0 Å². The first-order valence-electron chi connectivity index (χ1n) is 4.31. The Morgan fingerprint density at radius 3 is 2.46 bits per heavy atom. The molecule has 1 fully saturated rings. The minimum Gasteiger partial charge on any atom is -0.459 e. The molecule has 0 aromatic heterocycles. The van der Waals surface area contributed by atoms with Crippen molar-refractivity contribution in [2.24, 2.45) is 0 Å². The highest BCUT2D eigenvalue weighted by atomic mass is 16.5. The van der Waals surface area contributed by atoms with E-state index in [0.29, 0.717) is 12.8 Å². The number of rotatable bonds is 2. The summed E-state index contributed by atoms with van der Waals surface area (Å²) in [5.41, 5.74) is 0. The Hall–Kier alpha value is -0.870. The topological polar surface area (TPSA) is 66.8 Å². The van der Waals surface area contributed by atoms with Crippen molar-refractivity contribution >= 4 is 5.97 Å². The van der Waals surface area contributed by atoms with E-state index < -0.39 is 11.8 Å². The molecule has 0 unspecified atom stereocenters. The summed E-state index contributed by atoms with van der Waals surface area (Å²) in [5, 5.41) is 18.4. The molecule has 4 heteroatoms. The van der Waals surface area contributed by atoms with Crippen molar-refractivity contribution in [3.8, 4) is 0 Å². The standard InChI is InChI=1S/C9H14O4/c1-2-8(10)13-7-3-5-9(11,12)6-4-7/h2,7,11-12H,1,3-6H2. The molecule has 13 heavy (non-hydrogen) atoms. The molecule has 1 rings (SSSR count). The van der Waals surface area contributed by atoms with Gasteiger partial charge in [-0.1, -0.05) is 6.58 Å². The van der Waals surface area contributed by atoms with Gasteiger partial charge in [-0.2, -0.15) is 0 Å². The van der Waals surface area contributed by atoms with Gasteiger partial charge in [0.15, 0.2) is 5.79 Å². The van der Waals surface area contributed by atoms with Crippen LogP contribution in [0.15, 0.2) is 12.7 Å². The van der Waals surface area contributed by atoms with Gasteiger partial charge in [0.2, 0.25) is 0 Å². The Labute approximate surface area is 76.8 Å². The summed E-state index contributed by atoms with van der Waals surface area (Å²) >= 11 is 0. The lowest BCUT2D eigenvalue weighted by Gasteiger charge is -2.31. The van der Waals surface area contributed by atoms with Crippen LogP contribution in [0.25, 0.3) is 0 Å². The summed E-state index contributed by atoms with van der Waals surface area (Å²) < 4.78 is 4.95. The molecule has 2 N–H and O–H groups in total. The second kappa shape index (κ2) is 3.89. The van der Waals surface area contributed by atoms with E-state index in [1.165, 1.54) is 0 Å². The summed E-state index contributed by atoms with van der Waals surface area (Å²) in [7, 11) is 0. The summed E-state index contributed by atoms with van der Waals surface area (Å²) in [5.74, 6) is -2.02. The molecule has 0 aromatic rings. The highest BCUT2D eigenvalue weighted by Crippen LogP contribution is 2.27. The molecule has 1 saturated carbocycles. The molecule has 0 atom stereocenters. The molecule has 0 saturated heterocycles. The van der Waals surface area contributed by atoms with Crippen LogP contribution >= 0.6 is 0 Å². The summed E-state index contributed by atoms with van der Waals surface area (Å²) in [4.78, 5) is 10.8. The number of ether oxygens (including phenoxy) is 1. The Morgan fingerprint density at radius 2 is 2.00 bits per heavy atom. The third-order valence-corrected chi connectivity index (χ3v) is 2.18. The Morgan fingerprint density at radius 1 is 1.46 bits per heavy atom. The van der Waals surface area contributed by atoms with Crippen molar-refractivity contribution in [3.05, 3.63) is 12.7 Å². The van der Waals surface area contributed by atoms with Crippen LogP contribution in [0.3, 0.4) is 0 Å². The normalized spacial score (nSPS) is 22.3. The van der Waals surface area contributed by atoms with Crippen LogP contribution in [-0.2, 0) is 9.53 Å². The van der Waals surface area contributed by atoms with Crippen LogP contribution in [0.1, 0.15) is 25.7 Å². The number of carbonyl (C=O) groups is 1. The van der Waals surface area contributed by atoms with E-state index in [2.05, 4.69) is 6.58 Å². The van der Waals surface area contributed by atoms with Crippen molar-refractivity contribution in [3.63, 3.8) is 0 Å². The maximum absolute atomic E-state index is 10.8. The van der Waals surface area contributed by atoms with Gasteiger partial charge in [-0.3, -0.25) is 0 Å². The van der Waals surface area contributed by atoms with Gasteiger partial charge in [-0.15, -0.1) is 0 Å². The fourth-order valence-electron chi connectivity index (χ4n) is 1.38. The SMILES string of the molecule is C=CC(=O)OC1CCC(O)(O)CC1. The Kier molecular flexibility index (Phi) is 3.06. The summed E-state index contributed by atoms with van der Waals surface area (Å²) in [6, 6.07) is 0. The Balaban J connectivity index is 2.33. The van der Waals surface area contributed by atoms with Crippen molar-refractivity contribution in [2.45, 2.75) is 37.6 Å². The van der Waals surface area contributed by atoms with Crippen LogP contribution in [-0.4, -0.2) is 28.1 Å². The molecule has 0 heterocycles. The van der Waals surface area contributed by atoms with Gasteiger partial charge < -0.3 is 14.9 Å². The van der Waals surface area contributed by atoms with E-state index in [-0.39, 0.29) is 18.9 Å². The molecular formula is C9H14O4. The fraction of sp³-hybridized carbons (Fsp3) is 0.667. The van der Waals surface area contributed by atoms with Crippen molar-refractivity contribution in [2.75, 3.05) is 0 Å². The van der Waals surface area contributed by atoms with Gasteiger partial charge in [0.25, 0.3) is 0 Å². The largest absolute Gasteiger partial charge is 0.459 e.